The zero-order valence-corrected chi connectivity index (χ0v) is 28.4. The number of benzene rings is 3. The lowest BCUT2D eigenvalue weighted by molar-refractivity contribution is -0.158. The Labute approximate surface area is 276 Å². The maximum Gasteiger partial charge on any atom is 0.311 e. The van der Waals surface area contributed by atoms with E-state index in [4.69, 9.17) is 4.74 Å². The first kappa shape index (κ1) is 34.1. The van der Waals surface area contributed by atoms with Gasteiger partial charge in [-0.3, -0.25) is 19.3 Å². The van der Waals surface area contributed by atoms with E-state index in [9.17, 15) is 14.4 Å². The summed E-state index contributed by atoms with van der Waals surface area (Å²) in [7, 11) is 0. The monoisotopic (exact) mass is 625 g/mol. The topological polar surface area (TPSA) is 63.7 Å². The molecule has 3 aromatic carbocycles. The van der Waals surface area contributed by atoms with E-state index >= 15 is 0 Å². The number of ether oxygens (including phenoxy) is 1. The largest absolute Gasteiger partial charge is 0.462 e. The van der Waals surface area contributed by atoms with Crippen molar-refractivity contribution in [1.82, 2.24) is 4.90 Å². The molecule has 46 heavy (non-hydrogen) atoms. The van der Waals surface area contributed by atoms with E-state index < -0.39 is 12.0 Å². The summed E-state index contributed by atoms with van der Waals surface area (Å²) < 4.78 is 6.32. The van der Waals surface area contributed by atoms with Crippen LogP contribution < -0.4 is 0 Å². The van der Waals surface area contributed by atoms with Crippen LogP contribution in [0.15, 0.2) is 48.5 Å². The van der Waals surface area contributed by atoms with Gasteiger partial charge in [0.05, 0.1) is 23.1 Å². The molecule has 0 spiro atoms. The zero-order chi connectivity index (χ0) is 32.3. The lowest BCUT2D eigenvalue weighted by Gasteiger charge is -2.36. The fraction of sp³-hybridized carbons (Fsp3) is 0.585. The van der Waals surface area contributed by atoms with Crippen LogP contribution in [-0.4, -0.2) is 34.8 Å². The molecule has 0 radical (unpaired) electrons. The van der Waals surface area contributed by atoms with E-state index in [-0.39, 0.29) is 23.9 Å². The van der Waals surface area contributed by atoms with Crippen LogP contribution in [0.4, 0.5) is 0 Å². The molecule has 3 aromatic rings. The van der Waals surface area contributed by atoms with Gasteiger partial charge in [0.25, 0.3) is 11.8 Å². The molecule has 1 fully saturated rings. The van der Waals surface area contributed by atoms with Crippen LogP contribution in [0.2, 0.25) is 0 Å². The molecule has 2 amide bonds. The number of nitrogens with zero attached hydrogens (tertiary/aromatic N) is 1. The second-order valence-electron chi connectivity index (χ2n) is 13.9. The molecule has 0 bridgehead atoms. The molecule has 5 nitrogen and oxygen atoms in total. The first-order valence-corrected chi connectivity index (χ1v) is 18.6. The first-order valence-electron chi connectivity index (χ1n) is 18.6. The third-order valence-corrected chi connectivity index (χ3v) is 10.4. The lowest BCUT2D eigenvalue weighted by Crippen LogP contribution is -2.49. The summed E-state index contributed by atoms with van der Waals surface area (Å²) in [6, 6.07) is 15.6. The Morgan fingerprint density at radius 3 is 1.67 bits per heavy atom. The SMILES string of the molecule is CCCCCCCCCC(CCCCCCCC)OC(=O)[C@H]1CCCC[C@@H]1N1C(=O)c2cc3cc4ccccc4cc3cc2C1=O. The fourth-order valence-corrected chi connectivity index (χ4v) is 7.69. The van der Waals surface area contributed by atoms with Gasteiger partial charge in [-0.1, -0.05) is 122 Å². The number of carbonyl (C=O) groups is 3. The van der Waals surface area contributed by atoms with E-state index in [0.717, 1.165) is 60.1 Å². The molecule has 1 unspecified atom stereocenters. The highest BCUT2D eigenvalue weighted by molar-refractivity contribution is 6.23. The molecule has 5 heteroatoms. The van der Waals surface area contributed by atoms with Gasteiger partial charge in [0, 0.05) is 0 Å². The van der Waals surface area contributed by atoms with Gasteiger partial charge >= 0.3 is 5.97 Å². The molecule has 248 valence electrons. The van der Waals surface area contributed by atoms with Crippen molar-refractivity contribution in [2.45, 2.75) is 148 Å². The second kappa shape index (κ2) is 17.1. The minimum absolute atomic E-state index is 0.0847. The highest BCUT2D eigenvalue weighted by atomic mass is 16.5. The number of hydrogen-bond acceptors (Lipinski definition) is 4. The Hall–Kier alpha value is -3.21. The van der Waals surface area contributed by atoms with Gasteiger partial charge in [-0.05, 0) is 84.3 Å². The first-order chi connectivity index (χ1) is 22.5. The van der Waals surface area contributed by atoms with E-state index in [2.05, 4.69) is 38.1 Å². The van der Waals surface area contributed by atoms with Crippen LogP contribution >= 0.6 is 0 Å². The van der Waals surface area contributed by atoms with Crippen molar-refractivity contribution in [3.63, 3.8) is 0 Å². The Balaban J connectivity index is 1.26. The van der Waals surface area contributed by atoms with Crippen molar-refractivity contribution in [3.8, 4) is 0 Å². The van der Waals surface area contributed by atoms with Gasteiger partial charge in [0.2, 0.25) is 0 Å². The Morgan fingerprint density at radius 1 is 0.674 bits per heavy atom. The maximum absolute atomic E-state index is 13.9. The molecule has 0 aromatic heterocycles. The highest BCUT2D eigenvalue weighted by Gasteiger charge is 2.46. The quantitative estimate of drug-likeness (QED) is 0.0610. The number of fused-ring (bicyclic) bond motifs is 3. The average molecular weight is 626 g/mol. The zero-order valence-electron chi connectivity index (χ0n) is 28.4. The molecule has 1 aliphatic carbocycles. The van der Waals surface area contributed by atoms with Crippen LogP contribution in [0.1, 0.15) is 157 Å². The molecule has 3 atom stereocenters. The van der Waals surface area contributed by atoms with Crippen molar-refractivity contribution < 1.29 is 19.1 Å². The molecular formula is C41H55NO4. The number of amides is 2. The van der Waals surface area contributed by atoms with Crippen molar-refractivity contribution in [3.05, 3.63) is 59.7 Å². The summed E-state index contributed by atoms with van der Waals surface area (Å²) >= 11 is 0. The number of esters is 1. The van der Waals surface area contributed by atoms with Crippen molar-refractivity contribution in [2.24, 2.45) is 5.92 Å². The second-order valence-corrected chi connectivity index (χ2v) is 13.9. The number of hydrogen-bond donors (Lipinski definition) is 0. The number of imide groups is 1. The number of rotatable bonds is 18. The molecule has 5 rings (SSSR count). The predicted molar refractivity (Wildman–Crippen MR) is 188 cm³/mol. The van der Waals surface area contributed by atoms with Gasteiger partial charge in [-0.15, -0.1) is 0 Å². The van der Waals surface area contributed by atoms with Gasteiger partial charge < -0.3 is 4.74 Å². The Morgan fingerprint density at radius 2 is 1.15 bits per heavy atom. The van der Waals surface area contributed by atoms with Gasteiger partial charge in [-0.25, -0.2) is 0 Å². The average Bonchev–Trinajstić information content (AvgIpc) is 3.31. The third kappa shape index (κ3) is 8.38. The Bertz CT molecular complexity index is 1400. The standard InChI is InChI=1S/C41H55NO4/c1-3-5-7-9-11-13-15-23-34(22-14-12-10-8-6-4-2)46-41(45)35-24-18-19-25-38(35)42-39(43)36-28-32-26-30-20-16-17-21-31(30)27-33(32)29-37(36)40(42)44/h16-17,20-21,26-29,34-35,38H,3-15,18-19,22-25H2,1-2H3/t34?,35-,38-/m0/s1. The van der Waals surface area contributed by atoms with Crippen LogP contribution in [0.25, 0.3) is 21.5 Å². The third-order valence-electron chi connectivity index (χ3n) is 10.4. The molecule has 2 aliphatic rings. The van der Waals surface area contributed by atoms with Crippen LogP contribution in [0.3, 0.4) is 0 Å². The van der Waals surface area contributed by atoms with Crippen molar-refractivity contribution in [1.29, 1.82) is 0 Å². The summed E-state index contributed by atoms with van der Waals surface area (Å²) in [5.74, 6) is -1.22. The van der Waals surface area contributed by atoms with E-state index in [1.54, 1.807) is 0 Å². The van der Waals surface area contributed by atoms with E-state index in [1.165, 1.54) is 75.5 Å². The molecular weight excluding hydrogens is 570 g/mol. The maximum atomic E-state index is 13.9. The molecule has 0 N–H and O–H groups in total. The van der Waals surface area contributed by atoms with E-state index in [0.29, 0.717) is 24.0 Å². The molecule has 0 saturated heterocycles. The minimum Gasteiger partial charge on any atom is -0.462 e. The summed E-state index contributed by atoms with van der Waals surface area (Å²) in [4.78, 5) is 43.1. The Kier molecular flexibility index (Phi) is 12.7. The molecule has 1 saturated carbocycles. The van der Waals surface area contributed by atoms with Gasteiger partial charge in [0.15, 0.2) is 0 Å². The molecule has 1 aliphatic heterocycles. The fourth-order valence-electron chi connectivity index (χ4n) is 7.69. The highest BCUT2D eigenvalue weighted by Crippen LogP contribution is 2.37. The normalized spacial score (nSPS) is 18.8. The predicted octanol–water partition coefficient (Wildman–Crippen LogP) is 11.0. The minimum atomic E-state index is -0.464. The summed E-state index contributed by atoms with van der Waals surface area (Å²) in [5.41, 5.74) is 0.899. The van der Waals surface area contributed by atoms with Gasteiger partial charge in [-0.2, -0.15) is 0 Å². The van der Waals surface area contributed by atoms with Crippen LogP contribution in [0.5, 0.6) is 0 Å². The number of carbonyl (C=O) groups excluding carboxylic acids is 3. The summed E-state index contributed by atoms with van der Waals surface area (Å²) in [6.07, 6.45) is 20.8. The summed E-state index contributed by atoms with van der Waals surface area (Å²) in [5, 5.41) is 4.10. The smallest absolute Gasteiger partial charge is 0.311 e. The van der Waals surface area contributed by atoms with E-state index in [1.807, 2.05) is 24.3 Å². The molecule has 1 heterocycles. The van der Waals surface area contributed by atoms with Gasteiger partial charge in [0.1, 0.15) is 6.10 Å². The van der Waals surface area contributed by atoms with Crippen LogP contribution in [0, 0.1) is 5.92 Å². The summed E-state index contributed by atoms with van der Waals surface area (Å²) in [6.45, 7) is 4.48. The lowest BCUT2D eigenvalue weighted by atomic mass is 9.83. The van der Waals surface area contributed by atoms with Crippen molar-refractivity contribution >= 4 is 39.3 Å². The van der Waals surface area contributed by atoms with Crippen molar-refractivity contribution in [2.75, 3.05) is 0 Å². The number of unbranched alkanes of at least 4 members (excludes halogenated alkanes) is 11. The van der Waals surface area contributed by atoms with Crippen LogP contribution in [-0.2, 0) is 9.53 Å².